The van der Waals surface area contributed by atoms with Crippen LogP contribution in [0.15, 0.2) is 42.7 Å². The molecule has 2 N–H and O–H groups in total. The molecule has 1 atom stereocenters. The fourth-order valence-corrected chi connectivity index (χ4v) is 1.82. The highest BCUT2D eigenvalue weighted by Crippen LogP contribution is 2.16. The summed E-state index contributed by atoms with van der Waals surface area (Å²) in [6.07, 6.45) is 4.16. The lowest BCUT2D eigenvalue weighted by molar-refractivity contribution is 0.622. The zero-order chi connectivity index (χ0) is 12.3. The quantitative estimate of drug-likeness (QED) is 0.880. The second-order valence-corrected chi connectivity index (χ2v) is 4.24. The van der Waals surface area contributed by atoms with Crippen LogP contribution in [0.1, 0.15) is 22.7 Å². The van der Waals surface area contributed by atoms with Crippen molar-refractivity contribution in [3.8, 4) is 0 Å². The Kier molecular flexibility index (Phi) is 3.49. The first-order valence-electron chi connectivity index (χ1n) is 5.57. The molecule has 2 rings (SSSR count). The van der Waals surface area contributed by atoms with Crippen molar-refractivity contribution in [2.75, 3.05) is 0 Å². The van der Waals surface area contributed by atoms with Crippen molar-refractivity contribution in [3.05, 3.63) is 65.2 Å². The van der Waals surface area contributed by atoms with Crippen LogP contribution < -0.4 is 5.73 Å². The van der Waals surface area contributed by atoms with Crippen LogP contribution in [-0.4, -0.2) is 4.98 Å². The van der Waals surface area contributed by atoms with Gasteiger partial charge in [-0.15, -0.1) is 0 Å². The number of aromatic nitrogens is 1. The number of hydrogen-bond acceptors (Lipinski definition) is 2. The number of pyridine rings is 1. The highest BCUT2D eigenvalue weighted by Gasteiger charge is 2.08. The summed E-state index contributed by atoms with van der Waals surface area (Å²) in [7, 11) is 0. The predicted octanol–water partition coefficient (Wildman–Crippen LogP) is 2.77. The lowest BCUT2D eigenvalue weighted by Gasteiger charge is -2.12. The molecule has 0 amide bonds. The molecule has 0 aliphatic heterocycles. The number of nitrogens with zero attached hydrogens (tertiary/aromatic N) is 1. The molecular formula is C14H15FN2. The fourth-order valence-electron chi connectivity index (χ4n) is 1.82. The molecule has 1 unspecified atom stereocenters. The number of aryl methyl sites for hydroxylation is 1. The minimum atomic E-state index is -0.225. The van der Waals surface area contributed by atoms with E-state index in [0.29, 0.717) is 6.42 Å². The standard InChI is InChI=1S/C14H15FN2/c1-10-5-12(9-17-8-10)14(16)7-11-3-2-4-13(15)6-11/h2-6,8-9,14H,7,16H2,1H3. The molecule has 0 fully saturated rings. The Bertz CT molecular complexity index is 511. The second-order valence-electron chi connectivity index (χ2n) is 4.24. The second kappa shape index (κ2) is 5.06. The summed E-state index contributed by atoms with van der Waals surface area (Å²) in [6, 6.07) is 8.39. The molecule has 88 valence electrons. The SMILES string of the molecule is Cc1cncc(C(N)Cc2cccc(F)c2)c1. The highest BCUT2D eigenvalue weighted by molar-refractivity contribution is 5.24. The molecular weight excluding hydrogens is 215 g/mol. The molecule has 17 heavy (non-hydrogen) atoms. The molecule has 0 saturated heterocycles. The van der Waals surface area contributed by atoms with Gasteiger partial charge in [0.05, 0.1) is 0 Å². The van der Waals surface area contributed by atoms with Crippen LogP contribution in [0.2, 0.25) is 0 Å². The fraction of sp³-hybridized carbons (Fsp3) is 0.214. The van der Waals surface area contributed by atoms with Crippen molar-refractivity contribution < 1.29 is 4.39 Å². The lowest BCUT2D eigenvalue weighted by Crippen LogP contribution is -2.13. The average molecular weight is 230 g/mol. The Morgan fingerprint density at radius 2 is 2.12 bits per heavy atom. The molecule has 0 bridgehead atoms. The van der Waals surface area contributed by atoms with Gasteiger partial charge < -0.3 is 5.73 Å². The summed E-state index contributed by atoms with van der Waals surface area (Å²) < 4.78 is 13.0. The maximum absolute atomic E-state index is 13.0. The van der Waals surface area contributed by atoms with Crippen LogP contribution in [0.3, 0.4) is 0 Å². The van der Waals surface area contributed by atoms with Crippen molar-refractivity contribution in [2.45, 2.75) is 19.4 Å². The summed E-state index contributed by atoms with van der Waals surface area (Å²) in [5, 5.41) is 0. The number of rotatable bonds is 3. The molecule has 0 spiro atoms. The maximum Gasteiger partial charge on any atom is 0.123 e. The minimum absolute atomic E-state index is 0.149. The minimum Gasteiger partial charge on any atom is -0.324 e. The molecule has 0 saturated carbocycles. The van der Waals surface area contributed by atoms with E-state index >= 15 is 0 Å². The van der Waals surface area contributed by atoms with Crippen molar-refractivity contribution in [3.63, 3.8) is 0 Å². The van der Waals surface area contributed by atoms with Gasteiger partial charge in [-0.25, -0.2) is 4.39 Å². The normalized spacial score (nSPS) is 12.4. The topological polar surface area (TPSA) is 38.9 Å². The van der Waals surface area contributed by atoms with Gasteiger partial charge in [-0.05, 0) is 42.2 Å². The first kappa shape index (κ1) is 11.7. The Morgan fingerprint density at radius 3 is 2.82 bits per heavy atom. The van der Waals surface area contributed by atoms with Crippen LogP contribution in [0.5, 0.6) is 0 Å². The smallest absolute Gasteiger partial charge is 0.123 e. The number of nitrogens with two attached hydrogens (primary N) is 1. The van der Waals surface area contributed by atoms with E-state index in [2.05, 4.69) is 4.98 Å². The van der Waals surface area contributed by atoms with Crippen LogP contribution in [0.4, 0.5) is 4.39 Å². The van der Waals surface area contributed by atoms with Crippen molar-refractivity contribution in [1.82, 2.24) is 4.98 Å². The third-order valence-corrected chi connectivity index (χ3v) is 2.67. The molecule has 3 heteroatoms. The van der Waals surface area contributed by atoms with E-state index in [1.165, 1.54) is 12.1 Å². The van der Waals surface area contributed by atoms with E-state index in [-0.39, 0.29) is 11.9 Å². The molecule has 1 aromatic carbocycles. The monoisotopic (exact) mass is 230 g/mol. The van der Waals surface area contributed by atoms with Gasteiger partial charge in [-0.2, -0.15) is 0 Å². The highest BCUT2D eigenvalue weighted by atomic mass is 19.1. The predicted molar refractivity (Wildman–Crippen MR) is 66.0 cm³/mol. The molecule has 0 radical (unpaired) electrons. The summed E-state index contributed by atoms with van der Waals surface area (Å²) in [5.41, 5.74) is 9.05. The van der Waals surface area contributed by atoms with Crippen LogP contribution >= 0.6 is 0 Å². The summed E-state index contributed by atoms with van der Waals surface area (Å²) >= 11 is 0. The number of halogens is 1. The van der Waals surface area contributed by atoms with E-state index in [9.17, 15) is 4.39 Å². The van der Waals surface area contributed by atoms with E-state index < -0.39 is 0 Å². The van der Waals surface area contributed by atoms with Gasteiger partial charge >= 0.3 is 0 Å². The van der Waals surface area contributed by atoms with Gasteiger partial charge in [0.2, 0.25) is 0 Å². The van der Waals surface area contributed by atoms with Gasteiger partial charge in [0.25, 0.3) is 0 Å². The van der Waals surface area contributed by atoms with Gasteiger partial charge in [-0.1, -0.05) is 18.2 Å². The van der Waals surface area contributed by atoms with Gasteiger partial charge in [0.1, 0.15) is 5.82 Å². The molecule has 1 aromatic heterocycles. The first-order valence-corrected chi connectivity index (χ1v) is 5.57. The number of benzene rings is 1. The third-order valence-electron chi connectivity index (χ3n) is 2.67. The largest absolute Gasteiger partial charge is 0.324 e. The molecule has 2 nitrogen and oxygen atoms in total. The maximum atomic E-state index is 13.0. The van der Waals surface area contributed by atoms with E-state index in [0.717, 1.165) is 16.7 Å². The van der Waals surface area contributed by atoms with Crippen molar-refractivity contribution >= 4 is 0 Å². The summed E-state index contributed by atoms with van der Waals surface area (Å²) in [6.45, 7) is 1.98. The van der Waals surface area contributed by atoms with Gasteiger partial charge in [0, 0.05) is 18.4 Å². The van der Waals surface area contributed by atoms with E-state index in [4.69, 9.17) is 5.73 Å². The zero-order valence-electron chi connectivity index (χ0n) is 9.73. The van der Waals surface area contributed by atoms with Crippen molar-refractivity contribution in [2.24, 2.45) is 5.73 Å². The first-order chi connectivity index (χ1) is 8.15. The number of hydrogen-bond donors (Lipinski definition) is 1. The van der Waals surface area contributed by atoms with Crippen molar-refractivity contribution in [1.29, 1.82) is 0 Å². The molecule has 2 aromatic rings. The Hall–Kier alpha value is -1.74. The summed E-state index contributed by atoms with van der Waals surface area (Å²) in [4.78, 5) is 4.11. The Balaban J connectivity index is 2.14. The van der Waals surface area contributed by atoms with Gasteiger partial charge in [-0.3, -0.25) is 4.98 Å². The van der Waals surface area contributed by atoms with Crippen LogP contribution in [0, 0.1) is 12.7 Å². The van der Waals surface area contributed by atoms with E-state index in [1.807, 2.05) is 19.1 Å². The Labute approximate surface area is 100 Å². The molecule has 0 aliphatic carbocycles. The third kappa shape index (κ3) is 3.11. The average Bonchev–Trinajstić information content (AvgIpc) is 2.29. The lowest BCUT2D eigenvalue weighted by atomic mass is 10.0. The van der Waals surface area contributed by atoms with Gasteiger partial charge in [0.15, 0.2) is 0 Å². The van der Waals surface area contributed by atoms with Crippen LogP contribution in [-0.2, 0) is 6.42 Å². The molecule has 0 aliphatic rings. The summed E-state index contributed by atoms with van der Waals surface area (Å²) in [5.74, 6) is -0.225. The van der Waals surface area contributed by atoms with Crippen LogP contribution in [0.25, 0.3) is 0 Å². The van der Waals surface area contributed by atoms with E-state index in [1.54, 1.807) is 18.5 Å². The Morgan fingerprint density at radius 1 is 1.29 bits per heavy atom. The molecule has 1 heterocycles. The zero-order valence-corrected chi connectivity index (χ0v) is 9.73.